The smallest absolute Gasteiger partial charge is 0.309 e. The predicted octanol–water partition coefficient (Wildman–Crippen LogP) is 3.80. The molecule has 8 heteroatoms. The third kappa shape index (κ3) is 6.52. The molecule has 7 atom stereocenters. The van der Waals surface area contributed by atoms with E-state index in [0.29, 0.717) is 29.8 Å². The number of ether oxygens (including phenoxy) is 1. The number of rotatable bonds is 3. The van der Waals surface area contributed by atoms with Crippen LogP contribution in [0.25, 0.3) is 6.08 Å². The van der Waals surface area contributed by atoms with Gasteiger partial charge in [0.15, 0.2) is 0 Å². The number of Topliss-reactive ketones (excluding diaryl/α,β-unsaturated/α-hetero) is 1. The third-order valence-corrected chi connectivity index (χ3v) is 8.11. The Morgan fingerprint density at radius 3 is 2.58 bits per heavy atom. The molecule has 8 nitrogen and oxygen atoms in total. The minimum atomic E-state index is -1.24. The zero-order valence-electron chi connectivity index (χ0n) is 22.4. The van der Waals surface area contributed by atoms with E-state index < -0.39 is 35.6 Å². The summed E-state index contributed by atoms with van der Waals surface area (Å²) in [6, 6.07) is 0. The van der Waals surface area contributed by atoms with Gasteiger partial charge in [-0.15, -0.1) is 0 Å². The average Bonchev–Trinajstić information content (AvgIpc) is 3.44. The number of aliphatic hydroxyl groups is 2. The maximum absolute atomic E-state index is 13.3. The first-order valence-electron chi connectivity index (χ1n) is 12.9. The number of cyclic esters (lactones) is 1. The van der Waals surface area contributed by atoms with Crippen LogP contribution in [0.15, 0.2) is 27.9 Å². The standard InChI is InChI=1S/C28H42N2O6/c1-15-7-8-22(16(2)10-20-14-35-24(13-29)30-20)36-25(32)12-23(31)28(5,6)27(34)18(4)26(33)17(3)21-11-19(21)9-15/h7,10,14,17-19,21-23,26,31,33H,8-9,11-13,29H2,1-6H3/b15-7-,16-10+/t17-,18+,19?,21?,22-,23-,26-/m0/s1. The highest BCUT2D eigenvalue weighted by Crippen LogP contribution is 2.50. The van der Waals surface area contributed by atoms with Crippen molar-refractivity contribution in [2.75, 3.05) is 0 Å². The molecule has 0 amide bonds. The number of ketones is 1. The second kappa shape index (κ2) is 11.4. The normalized spacial score (nSPS) is 36.0. The molecule has 1 fully saturated rings. The fourth-order valence-electron chi connectivity index (χ4n) is 5.33. The van der Waals surface area contributed by atoms with Gasteiger partial charge >= 0.3 is 5.97 Å². The summed E-state index contributed by atoms with van der Waals surface area (Å²) in [5.74, 6) is -0.275. The molecule has 1 aromatic heterocycles. The fourth-order valence-corrected chi connectivity index (χ4v) is 5.33. The van der Waals surface area contributed by atoms with E-state index in [1.807, 2.05) is 13.8 Å². The number of fused-ring (bicyclic) bond motifs is 1. The van der Waals surface area contributed by atoms with E-state index in [9.17, 15) is 19.8 Å². The van der Waals surface area contributed by atoms with Crippen LogP contribution >= 0.6 is 0 Å². The molecule has 2 heterocycles. The molecule has 3 rings (SSSR count). The number of esters is 1. The number of allylic oxidation sites excluding steroid dienone is 1. The van der Waals surface area contributed by atoms with Crippen molar-refractivity contribution in [3.8, 4) is 0 Å². The lowest BCUT2D eigenvalue weighted by Crippen LogP contribution is -2.46. The molecule has 1 aliphatic carbocycles. The quantitative estimate of drug-likeness (QED) is 0.419. The average molecular weight is 503 g/mol. The first-order chi connectivity index (χ1) is 16.8. The maximum atomic E-state index is 13.3. The summed E-state index contributed by atoms with van der Waals surface area (Å²) in [5, 5.41) is 21.8. The highest BCUT2D eigenvalue weighted by atomic mass is 16.5. The fraction of sp³-hybridized carbons (Fsp3) is 0.679. The minimum absolute atomic E-state index is 0.0219. The Bertz CT molecular complexity index is 1010. The lowest BCUT2D eigenvalue weighted by atomic mass is 9.72. The van der Waals surface area contributed by atoms with E-state index >= 15 is 0 Å². The summed E-state index contributed by atoms with van der Waals surface area (Å²) in [6.07, 6.45) is 4.88. The van der Waals surface area contributed by atoms with Gasteiger partial charge in [0.1, 0.15) is 23.8 Å². The molecule has 1 saturated carbocycles. The van der Waals surface area contributed by atoms with Gasteiger partial charge in [-0.1, -0.05) is 39.3 Å². The Morgan fingerprint density at radius 1 is 1.25 bits per heavy atom. The number of hydrogen-bond acceptors (Lipinski definition) is 8. The Hall–Kier alpha value is -2.29. The molecule has 36 heavy (non-hydrogen) atoms. The van der Waals surface area contributed by atoms with Crippen LogP contribution in [0.5, 0.6) is 0 Å². The zero-order valence-corrected chi connectivity index (χ0v) is 22.4. The topological polar surface area (TPSA) is 136 Å². The summed E-state index contributed by atoms with van der Waals surface area (Å²) in [5.41, 5.74) is 6.94. The van der Waals surface area contributed by atoms with Crippen LogP contribution in [0.1, 0.15) is 78.8 Å². The van der Waals surface area contributed by atoms with Gasteiger partial charge < -0.3 is 25.1 Å². The van der Waals surface area contributed by atoms with Crippen molar-refractivity contribution in [1.82, 2.24) is 4.98 Å². The zero-order chi connectivity index (χ0) is 26.8. The molecule has 0 aromatic carbocycles. The molecule has 0 spiro atoms. The summed E-state index contributed by atoms with van der Waals surface area (Å²) in [7, 11) is 0. The second-order valence-corrected chi connectivity index (χ2v) is 11.3. The van der Waals surface area contributed by atoms with Crippen LogP contribution in [0.4, 0.5) is 0 Å². The number of hydrogen-bond donors (Lipinski definition) is 3. The van der Waals surface area contributed by atoms with E-state index in [-0.39, 0.29) is 24.7 Å². The number of carbonyl (C=O) groups excluding carboxylic acids is 2. The van der Waals surface area contributed by atoms with Crippen LogP contribution in [-0.4, -0.2) is 45.3 Å². The van der Waals surface area contributed by atoms with Crippen molar-refractivity contribution in [2.24, 2.45) is 34.8 Å². The van der Waals surface area contributed by atoms with Crippen LogP contribution in [0.2, 0.25) is 0 Å². The van der Waals surface area contributed by atoms with Gasteiger partial charge in [0.25, 0.3) is 0 Å². The minimum Gasteiger partial charge on any atom is -0.457 e. The molecular weight excluding hydrogens is 460 g/mol. The SMILES string of the molecule is C/C1=C/C[C@@H](/C(C)=C/c2coc(CN)n2)OC(=O)C[C@H](O)C(C)(C)C(=O)[C@H](C)[C@@H](O)[C@@H](C)C2CC2C1. The Labute approximate surface area is 214 Å². The lowest BCUT2D eigenvalue weighted by Gasteiger charge is -2.34. The van der Waals surface area contributed by atoms with Gasteiger partial charge in [0.05, 0.1) is 30.6 Å². The van der Waals surface area contributed by atoms with Crippen LogP contribution in [0.3, 0.4) is 0 Å². The van der Waals surface area contributed by atoms with E-state index in [1.54, 1.807) is 26.8 Å². The Kier molecular flexibility index (Phi) is 8.96. The first kappa shape index (κ1) is 28.3. The highest BCUT2D eigenvalue weighted by Gasteiger charge is 2.47. The number of nitrogens with two attached hydrogens (primary N) is 1. The van der Waals surface area contributed by atoms with E-state index in [0.717, 1.165) is 18.4 Å². The molecule has 200 valence electrons. The first-order valence-corrected chi connectivity index (χ1v) is 12.9. The Morgan fingerprint density at radius 2 is 1.94 bits per heavy atom. The number of carbonyl (C=O) groups is 2. The van der Waals surface area contributed by atoms with Crippen molar-refractivity contribution in [1.29, 1.82) is 0 Å². The van der Waals surface area contributed by atoms with Crippen LogP contribution < -0.4 is 5.73 Å². The third-order valence-electron chi connectivity index (χ3n) is 8.11. The van der Waals surface area contributed by atoms with E-state index in [1.165, 1.54) is 11.8 Å². The van der Waals surface area contributed by atoms with Crippen molar-refractivity contribution >= 4 is 17.8 Å². The van der Waals surface area contributed by atoms with Gasteiger partial charge in [-0.3, -0.25) is 9.59 Å². The highest BCUT2D eigenvalue weighted by molar-refractivity contribution is 5.88. The summed E-state index contributed by atoms with van der Waals surface area (Å²) >= 11 is 0. The van der Waals surface area contributed by atoms with Crippen molar-refractivity contribution in [2.45, 2.75) is 92.1 Å². The number of aromatic nitrogens is 1. The van der Waals surface area contributed by atoms with Crippen molar-refractivity contribution in [3.05, 3.63) is 35.1 Å². The second-order valence-electron chi connectivity index (χ2n) is 11.3. The molecule has 4 N–H and O–H groups in total. The number of oxazole rings is 1. The van der Waals surface area contributed by atoms with Gasteiger partial charge in [0.2, 0.25) is 5.89 Å². The number of aliphatic hydroxyl groups excluding tert-OH is 2. The van der Waals surface area contributed by atoms with Crippen molar-refractivity contribution < 1.29 is 29.0 Å². The number of nitrogens with zero attached hydrogens (tertiary/aromatic N) is 1. The summed E-state index contributed by atoms with van der Waals surface area (Å²) in [6.45, 7) is 11.1. The molecule has 0 saturated heterocycles. The molecule has 2 aliphatic rings. The molecule has 1 aromatic rings. The maximum Gasteiger partial charge on any atom is 0.309 e. The lowest BCUT2D eigenvalue weighted by molar-refractivity contribution is -0.154. The molecule has 2 unspecified atom stereocenters. The molecule has 1 aliphatic heterocycles. The molecule has 0 radical (unpaired) electrons. The monoisotopic (exact) mass is 502 g/mol. The summed E-state index contributed by atoms with van der Waals surface area (Å²) < 4.78 is 11.1. The van der Waals surface area contributed by atoms with Gasteiger partial charge in [0, 0.05) is 12.3 Å². The van der Waals surface area contributed by atoms with E-state index in [4.69, 9.17) is 14.9 Å². The largest absolute Gasteiger partial charge is 0.457 e. The molecular formula is C28H42N2O6. The van der Waals surface area contributed by atoms with Crippen molar-refractivity contribution in [3.63, 3.8) is 0 Å². The summed E-state index contributed by atoms with van der Waals surface area (Å²) in [4.78, 5) is 30.5. The van der Waals surface area contributed by atoms with Gasteiger partial charge in [-0.2, -0.15) is 0 Å². The molecule has 0 bridgehead atoms. The van der Waals surface area contributed by atoms with E-state index in [2.05, 4.69) is 18.0 Å². The predicted molar refractivity (Wildman–Crippen MR) is 136 cm³/mol. The van der Waals surface area contributed by atoms with Crippen LogP contribution in [-0.2, 0) is 20.9 Å². The van der Waals surface area contributed by atoms with Gasteiger partial charge in [-0.25, -0.2) is 4.98 Å². The van der Waals surface area contributed by atoms with Gasteiger partial charge in [-0.05, 0) is 56.1 Å². The van der Waals surface area contributed by atoms with Crippen LogP contribution in [0, 0.1) is 29.1 Å². The Balaban J connectivity index is 1.88.